The number of hydrogen-bond donors (Lipinski definition) is 1. The second kappa shape index (κ2) is 8.13. The Morgan fingerprint density at radius 1 is 1.00 bits per heavy atom. The van der Waals surface area contributed by atoms with E-state index in [4.69, 9.17) is 0 Å². The molecule has 0 unspecified atom stereocenters. The minimum Gasteiger partial charge on any atom is -0.345 e. The van der Waals surface area contributed by atoms with Crippen LogP contribution in [0.2, 0.25) is 0 Å². The van der Waals surface area contributed by atoms with Gasteiger partial charge in [0.2, 0.25) is 0 Å². The molecule has 5 nitrogen and oxygen atoms in total. The number of nitrogens with one attached hydrogen (secondary N) is 1. The number of anilines is 1. The molecule has 0 radical (unpaired) electrons. The quantitative estimate of drug-likeness (QED) is 0.836. The van der Waals surface area contributed by atoms with Gasteiger partial charge in [-0.25, -0.2) is 8.42 Å². The molecule has 0 saturated heterocycles. The maximum Gasteiger partial charge on any atom is 0.261 e. The molecule has 6 heteroatoms. The van der Waals surface area contributed by atoms with E-state index < -0.39 is 10.0 Å². The molecule has 0 aromatic heterocycles. The summed E-state index contributed by atoms with van der Waals surface area (Å²) in [6, 6.07) is 13.7. The topological polar surface area (TPSA) is 66.5 Å². The lowest BCUT2D eigenvalue weighted by Crippen LogP contribution is -2.22. The molecule has 1 saturated carbocycles. The third kappa shape index (κ3) is 4.69. The monoisotopic (exact) mass is 386 g/mol. The van der Waals surface area contributed by atoms with Gasteiger partial charge in [0, 0.05) is 25.3 Å². The van der Waals surface area contributed by atoms with Crippen LogP contribution in [-0.2, 0) is 10.0 Å². The molecular formula is C21H26N2O3S. The van der Waals surface area contributed by atoms with Gasteiger partial charge in [0.1, 0.15) is 0 Å². The van der Waals surface area contributed by atoms with E-state index in [1.807, 2.05) is 12.1 Å². The van der Waals surface area contributed by atoms with E-state index in [0.717, 1.165) is 0 Å². The Labute approximate surface area is 161 Å². The summed E-state index contributed by atoms with van der Waals surface area (Å²) in [5.74, 6) is 0.366. The summed E-state index contributed by atoms with van der Waals surface area (Å²) in [7, 11) is -0.379. The first-order valence-electron chi connectivity index (χ1n) is 9.31. The van der Waals surface area contributed by atoms with Crippen LogP contribution in [0.3, 0.4) is 0 Å². The molecule has 1 aliphatic carbocycles. The second-order valence-corrected chi connectivity index (χ2v) is 8.97. The van der Waals surface area contributed by atoms with E-state index in [0.29, 0.717) is 17.2 Å². The Balaban J connectivity index is 1.76. The maximum absolute atomic E-state index is 12.7. The van der Waals surface area contributed by atoms with Gasteiger partial charge < -0.3 is 4.90 Å². The van der Waals surface area contributed by atoms with Crippen molar-refractivity contribution in [3.63, 3.8) is 0 Å². The third-order valence-corrected chi connectivity index (χ3v) is 6.43. The zero-order chi connectivity index (χ0) is 19.4. The van der Waals surface area contributed by atoms with E-state index in [-0.39, 0.29) is 10.8 Å². The van der Waals surface area contributed by atoms with Crippen molar-refractivity contribution in [2.45, 2.75) is 42.9 Å². The van der Waals surface area contributed by atoms with Crippen molar-refractivity contribution in [1.82, 2.24) is 4.90 Å². The van der Waals surface area contributed by atoms with Gasteiger partial charge in [0.05, 0.1) is 4.90 Å². The van der Waals surface area contributed by atoms with Crippen LogP contribution in [0.4, 0.5) is 5.69 Å². The lowest BCUT2D eigenvalue weighted by atomic mass is 9.84. The lowest BCUT2D eigenvalue weighted by molar-refractivity contribution is 0.0827. The maximum atomic E-state index is 12.7. The van der Waals surface area contributed by atoms with Gasteiger partial charge in [-0.1, -0.05) is 37.5 Å². The van der Waals surface area contributed by atoms with Gasteiger partial charge in [-0.2, -0.15) is 0 Å². The summed E-state index contributed by atoms with van der Waals surface area (Å²) in [5, 5.41) is 0. The van der Waals surface area contributed by atoms with Crippen LogP contribution in [-0.4, -0.2) is 33.3 Å². The Bertz CT molecular complexity index is 899. The molecule has 1 aliphatic rings. The van der Waals surface area contributed by atoms with Crippen molar-refractivity contribution >= 4 is 21.6 Å². The Morgan fingerprint density at radius 3 is 2.30 bits per heavy atom. The van der Waals surface area contributed by atoms with E-state index in [1.165, 1.54) is 42.6 Å². The smallest absolute Gasteiger partial charge is 0.261 e. The molecule has 0 heterocycles. The number of benzene rings is 2. The van der Waals surface area contributed by atoms with Gasteiger partial charge in [-0.05, 0) is 54.7 Å². The fraction of sp³-hybridized carbons (Fsp3) is 0.381. The molecule has 2 aromatic rings. The van der Waals surface area contributed by atoms with Crippen LogP contribution < -0.4 is 4.72 Å². The predicted octanol–water partition coefficient (Wildman–Crippen LogP) is 4.24. The molecule has 0 aliphatic heterocycles. The normalized spacial score (nSPS) is 15.3. The molecule has 3 rings (SSSR count). The van der Waals surface area contributed by atoms with Crippen LogP contribution in [0.5, 0.6) is 0 Å². The molecule has 1 fully saturated rings. The summed E-state index contributed by atoms with van der Waals surface area (Å²) < 4.78 is 28.0. The standard InChI is InChI=1S/C21H26N2O3S/c1-23(2)21(24)18-9-6-10-19(15-18)22-27(25,26)20-13-11-17(12-14-20)16-7-4-3-5-8-16/h6,9-16,22H,3-5,7-8H2,1-2H3. The molecule has 0 atom stereocenters. The van der Waals surface area contributed by atoms with Crippen molar-refractivity contribution in [3.8, 4) is 0 Å². The first-order chi connectivity index (χ1) is 12.9. The van der Waals surface area contributed by atoms with Gasteiger partial charge in [0.15, 0.2) is 0 Å². The largest absolute Gasteiger partial charge is 0.345 e. The average molecular weight is 387 g/mol. The van der Waals surface area contributed by atoms with Gasteiger partial charge >= 0.3 is 0 Å². The summed E-state index contributed by atoms with van der Waals surface area (Å²) in [6.45, 7) is 0. The summed E-state index contributed by atoms with van der Waals surface area (Å²) in [5.41, 5.74) is 2.03. The van der Waals surface area contributed by atoms with Crippen LogP contribution in [0.1, 0.15) is 53.9 Å². The molecule has 0 spiro atoms. The number of rotatable bonds is 5. The van der Waals surface area contributed by atoms with Crippen molar-refractivity contribution in [2.24, 2.45) is 0 Å². The number of sulfonamides is 1. The number of carbonyl (C=O) groups is 1. The highest BCUT2D eigenvalue weighted by atomic mass is 32.2. The van der Waals surface area contributed by atoms with E-state index in [9.17, 15) is 13.2 Å². The summed E-state index contributed by atoms with van der Waals surface area (Å²) >= 11 is 0. The number of carbonyl (C=O) groups excluding carboxylic acids is 1. The first kappa shape index (κ1) is 19.4. The van der Waals surface area contributed by atoms with Crippen molar-refractivity contribution in [1.29, 1.82) is 0 Å². The Hall–Kier alpha value is -2.34. The van der Waals surface area contributed by atoms with E-state index in [1.54, 1.807) is 50.5 Å². The lowest BCUT2D eigenvalue weighted by Gasteiger charge is -2.22. The van der Waals surface area contributed by atoms with Crippen LogP contribution in [0.25, 0.3) is 0 Å². The van der Waals surface area contributed by atoms with E-state index in [2.05, 4.69) is 4.72 Å². The van der Waals surface area contributed by atoms with E-state index >= 15 is 0 Å². The zero-order valence-corrected chi connectivity index (χ0v) is 16.6. The van der Waals surface area contributed by atoms with Crippen LogP contribution >= 0.6 is 0 Å². The molecular weight excluding hydrogens is 360 g/mol. The Morgan fingerprint density at radius 2 is 1.67 bits per heavy atom. The Kier molecular flexibility index (Phi) is 5.85. The summed E-state index contributed by atoms with van der Waals surface area (Å²) in [4.78, 5) is 13.8. The van der Waals surface area contributed by atoms with Crippen LogP contribution in [0, 0.1) is 0 Å². The molecule has 2 aromatic carbocycles. The van der Waals surface area contributed by atoms with Crippen LogP contribution in [0.15, 0.2) is 53.4 Å². The molecule has 144 valence electrons. The highest BCUT2D eigenvalue weighted by molar-refractivity contribution is 7.92. The van der Waals surface area contributed by atoms with Crippen molar-refractivity contribution in [3.05, 3.63) is 59.7 Å². The second-order valence-electron chi connectivity index (χ2n) is 7.29. The van der Waals surface area contributed by atoms with Gasteiger partial charge in [0.25, 0.3) is 15.9 Å². The number of nitrogens with zero attached hydrogens (tertiary/aromatic N) is 1. The summed E-state index contributed by atoms with van der Waals surface area (Å²) in [6.07, 6.45) is 6.14. The van der Waals surface area contributed by atoms with Crippen molar-refractivity contribution < 1.29 is 13.2 Å². The SMILES string of the molecule is CN(C)C(=O)c1cccc(NS(=O)(=O)c2ccc(C3CCCCC3)cc2)c1. The highest BCUT2D eigenvalue weighted by Crippen LogP contribution is 2.33. The predicted molar refractivity (Wildman–Crippen MR) is 108 cm³/mol. The van der Waals surface area contributed by atoms with Gasteiger partial charge in [-0.15, -0.1) is 0 Å². The molecule has 1 N–H and O–H groups in total. The average Bonchev–Trinajstić information content (AvgIpc) is 2.68. The first-order valence-corrected chi connectivity index (χ1v) is 10.8. The minimum atomic E-state index is -3.70. The molecule has 0 bridgehead atoms. The molecule has 27 heavy (non-hydrogen) atoms. The zero-order valence-electron chi connectivity index (χ0n) is 15.8. The highest BCUT2D eigenvalue weighted by Gasteiger charge is 2.19. The number of amides is 1. The minimum absolute atomic E-state index is 0.173. The molecule has 1 amide bonds. The fourth-order valence-corrected chi connectivity index (χ4v) is 4.59. The van der Waals surface area contributed by atoms with Crippen molar-refractivity contribution in [2.75, 3.05) is 18.8 Å². The fourth-order valence-electron chi connectivity index (χ4n) is 3.54. The number of hydrogen-bond acceptors (Lipinski definition) is 3. The van der Waals surface area contributed by atoms with Gasteiger partial charge in [-0.3, -0.25) is 9.52 Å². The third-order valence-electron chi connectivity index (χ3n) is 5.03.